The molecule has 5 aromatic carbocycles. The number of benzene rings is 5. The Labute approximate surface area is 269 Å². The van der Waals surface area contributed by atoms with Crippen molar-refractivity contribution in [1.82, 2.24) is 14.5 Å². The molecule has 0 N–H and O–H groups in total. The van der Waals surface area contributed by atoms with E-state index in [2.05, 4.69) is 135 Å². The average molecular weight is 594 g/mol. The number of rotatable bonds is 3. The number of hydrogen-bond acceptors (Lipinski definition) is 2. The summed E-state index contributed by atoms with van der Waals surface area (Å²) in [6.45, 7) is 6.74. The number of aryl methyl sites for hydroxylation is 3. The van der Waals surface area contributed by atoms with Crippen molar-refractivity contribution in [3.05, 3.63) is 148 Å². The largest absolute Gasteiger partial charge is 0.310 e. The van der Waals surface area contributed by atoms with E-state index in [0.29, 0.717) is 5.92 Å². The Kier molecular flexibility index (Phi) is 6.11. The summed E-state index contributed by atoms with van der Waals surface area (Å²) in [5, 5.41) is 4.71. The fourth-order valence-electron chi connectivity index (χ4n) is 8.30. The third-order valence-electron chi connectivity index (χ3n) is 10.1. The van der Waals surface area contributed by atoms with Gasteiger partial charge in [-0.2, -0.15) is 0 Å². The molecule has 222 valence electrons. The van der Waals surface area contributed by atoms with E-state index in [1.165, 1.54) is 55.5 Å². The summed E-state index contributed by atoms with van der Waals surface area (Å²) >= 11 is 0. The third-order valence-corrected chi connectivity index (χ3v) is 10.1. The Morgan fingerprint density at radius 3 is 2.15 bits per heavy atom. The molecular weight excluding hydrogens is 558 g/mol. The molecule has 0 spiro atoms. The predicted octanol–water partition coefficient (Wildman–Crippen LogP) is 10.6. The second-order valence-electron chi connectivity index (χ2n) is 13.1. The number of hydrogen-bond donors (Lipinski definition) is 0. The van der Waals surface area contributed by atoms with Crippen molar-refractivity contribution >= 4 is 44.7 Å². The summed E-state index contributed by atoms with van der Waals surface area (Å²) in [4.78, 5) is 10.3. The predicted molar refractivity (Wildman–Crippen MR) is 193 cm³/mol. The lowest BCUT2D eigenvalue weighted by molar-refractivity contribution is 0.796. The van der Waals surface area contributed by atoms with Crippen molar-refractivity contribution in [1.29, 1.82) is 0 Å². The molecule has 0 aliphatic heterocycles. The molecule has 0 amide bonds. The topological polar surface area (TPSA) is 30.7 Å². The first-order valence-electron chi connectivity index (χ1n) is 16.4. The van der Waals surface area contributed by atoms with Crippen LogP contribution in [0.3, 0.4) is 0 Å². The van der Waals surface area contributed by atoms with Crippen LogP contribution in [-0.2, 0) is 12.8 Å². The van der Waals surface area contributed by atoms with E-state index in [4.69, 9.17) is 9.97 Å². The summed E-state index contributed by atoms with van der Waals surface area (Å²) in [6, 6.07) is 30.6. The molecule has 3 nitrogen and oxygen atoms in total. The first-order chi connectivity index (χ1) is 22.5. The Bertz CT molecular complexity index is 2380. The van der Waals surface area contributed by atoms with Crippen molar-refractivity contribution in [2.45, 2.75) is 46.0 Å². The van der Waals surface area contributed by atoms with Crippen LogP contribution in [0.15, 0.2) is 103 Å². The minimum Gasteiger partial charge on any atom is -0.310 e. The monoisotopic (exact) mass is 593 g/mol. The second kappa shape index (κ2) is 10.4. The van der Waals surface area contributed by atoms with E-state index < -0.39 is 0 Å². The quantitative estimate of drug-likeness (QED) is 0.191. The molecule has 0 radical (unpaired) electrons. The normalized spacial score (nSPS) is 15.5. The first kappa shape index (κ1) is 27.1. The van der Waals surface area contributed by atoms with Gasteiger partial charge in [-0.3, -0.25) is 4.98 Å². The van der Waals surface area contributed by atoms with Gasteiger partial charge in [0.05, 0.1) is 22.9 Å². The van der Waals surface area contributed by atoms with Crippen molar-refractivity contribution in [3.63, 3.8) is 0 Å². The lowest BCUT2D eigenvalue weighted by Crippen LogP contribution is -2.11. The molecule has 1 atom stereocenters. The summed E-state index contributed by atoms with van der Waals surface area (Å²) in [5.41, 5.74) is 16.3. The molecule has 2 aliphatic carbocycles. The Balaban J connectivity index is 1.18. The highest BCUT2D eigenvalue weighted by atomic mass is 15.0. The van der Waals surface area contributed by atoms with Crippen LogP contribution in [0.4, 0.5) is 0 Å². The van der Waals surface area contributed by atoms with Crippen LogP contribution in [0, 0.1) is 20.8 Å². The zero-order valence-corrected chi connectivity index (χ0v) is 26.5. The van der Waals surface area contributed by atoms with E-state index in [0.717, 1.165) is 58.0 Å². The van der Waals surface area contributed by atoms with E-state index in [1.807, 2.05) is 6.20 Å². The molecule has 46 heavy (non-hydrogen) atoms. The van der Waals surface area contributed by atoms with Gasteiger partial charge in [-0.05, 0) is 103 Å². The molecule has 2 aliphatic rings. The van der Waals surface area contributed by atoms with Gasteiger partial charge in [0.2, 0.25) is 0 Å². The fraction of sp³-hybridized carbons (Fsp3) is 0.163. The SMILES string of the molecule is Cc1cc(C)c(C2C=Cc3c(c4c(n3-c3cccc(-c5cnc6c7ccccc7c7ccccc7c6n5)c3)C=CCC4)C2)c(C)c1. The molecule has 0 saturated carbocycles. The second-order valence-corrected chi connectivity index (χ2v) is 13.1. The van der Waals surface area contributed by atoms with Crippen LogP contribution in [0.1, 0.15) is 57.1 Å². The lowest BCUT2D eigenvalue weighted by Gasteiger charge is -2.24. The molecule has 3 heteroatoms. The average Bonchev–Trinajstić information content (AvgIpc) is 3.42. The highest BCUT2D eigenvalue weighted by Crippen LogP contribution is 2.41. The highest BCUT2D eigenvalue weighted by Gasteiger charge is 2.28. The lowest BCUT2D eigenvalue weighted by atomic mass is 9.81. The molecule has 2 heterocycles. The Morgan fingerprint density at radius 2 is 1.39 bits per heavy atom. The molecule has 1 unspecified atom stereocenters. The van der Waals surface area contributed by atoms with Gasteiger partial charge in [0.25, 0.3) is 0 Å². The van der Waals surface area contributed by atoms with Crippen LogP contribution < -0.4 is 0 Å². The van der Waals surface area contributed by atoms with Gasteiger partial charge in [0.1, 0.15) is 0 Å². The van der Waals surface area contributed by atoms with E-state index in [-0.39, 0.29) is 0 Å². The molecular formula is C43H35N3. The van der Waals surface area contributed by atoms with Gasteiger partial charge in [0, 0.05) is 39.3 Å². The number of aromatic nitrogens is 3. The minimum absolute atomic E-state index is 0.393. The molecule has 2 aromatic heterocycles. The maximum absolute atomic E-state index is 5.29. The van der Waals surface area contributed by atoms with Crippen molar-refractivity contribution < 1.29 is 0 Å². The smallest absolute Gasteiger partial charge is 0.0979 e. The van der Waals surface area contributed by atoms with Crippen LogP contribution >= 0.6 is 0 Å². The summed E-state index contributed by atoms with van der Waals surface area (Å²) in [7, 11) is 0. The minimum atomic E-state index is 0.393. The van der Waals surface area contributed by atoms with Crippen LogP contribution in [-0.4, -0.2) is 14.5 Å². The van der Waals surface area contributed by atoms with E-state index in [9.17, 15) is 0 Å². The van der Waals surface area contributed by atoms with E-state index >= 15 is 0 Å². The van der Waals surface area contributed by atoms with E-state index in [1.54, 1.807) is 0 Å². The molecule has 0 saturated heterocycles. The maximum Gasteiger partial charge on any atom is 0.0979 e. The number of nitrogens with zero attached hydrogens (tertiary/aromatic N) is 3. The molecule has 7 aromatic rings. The number of allylic oxidation sites excluding steroid dienone is 2. The first-order valence-corrected chi connectivity index (χ1v) is 16.4. The molecule has 0 bridgehead atoms. The van der Waals surface area contributed by atoms with Crippen LogP contribution in [0.2, 0.25) is 0 Å². The van der Waals surface area contributed by atoms with Gasteiger partial charge in [-0.25, -0.2) is 4.98 Å². The van der Waals surface area contributed by atoms with Crippen LogP contribution in [0.5, 0.6) is 0 Å². The van der Waals surface area contributed by atoms with Gasteiger partial charge in [0.15, 0.2) is 0 Å². The van der Waals surface area contributed by atoms with Crippen molar-refractivity contribution in [2.75, 3.05) is 0 Å². The standard InChI is InChI=1S/C43H35N3/c1-26-21-27(2)41(28(3)22-26)30-19-20-40-37(24-30)34-15-8-9-18-39(34)46(40)31-12-10-11-29(23-31)38-25-44-42-35-16-6-4-13-32(35)33-14-5-7-17-36(33)43(42)45-38/h4-7,9-14,16-23,25,30H,8,15,24H2,1-3H3. The zero-order valence-electron chi connectivity index (χ0n) is 26.5. The van der Waals surface area contributed by atoms with Crippen LogP contribution in [0.25, 0.3) is 61.7 Å². The molecule has 0 fully saturated rings. The molecule has 9 rings (SSSR count). The fourth-order valence-corrected chi connectivity index (χ4v) is 8.30. The van der Waals surface area contributed by atoms with Gasteiger partial charge in [-0.15, -0.1) is 0 Å². The van der Waals surface area contributed by atoms with Gasteiger partial charge in [-0.1, -0.05) is 90.5 Å². The Hall–Kier alpha value is -5.28. The van der Waals surface area contributed by atoms with Gasteiger partial charge >= 0.3 is 0 Å². The summed E-state index contributed by atoms with van der Waals surface area (Å²) in [5.74, 6) is 0.393. The maximum atomic E-state index is 5.29. The van der Waals surface area contributed by atoms with Crippen molar-refractivity contribution in [2.24, 2.45) is 0 Å². The van der Waals surface area contributed by atoms with Crippen molar-refractivity contribution in [3.8, 4) is 16.9 Å². The zero-order chi connectivity index (χ0) is 30.9. The summed E-state index contributed by atoms with van der Waals surface area (Å²) in [6.07, 6.45) is 14.6. The number of fused-ring (bicyclic) bond motifs is 9. The van der Waals surface area contributed by atoms with Gasteiger partial charge < -0.3 is 4.57 Å². The summed E-state index contributed by atoms with van der Waals surface area (Å²) < 4.78 is 2.47. The third kappa shape index (κ3) is 4.11. The Morgan fingerprint density at radius 1 is 0.696 bits per heavy atom. The highest BCUT2D eigenvalue weighted by molar-refractivity contribution is 6.23.